The number of hydrogen-bond acceptors (Lipinski definition) is 4. The van der Waals surface area contributed by atoms with Crippen molar-refractivity contribution in [3.63, 3.8) is 0 Å². The molecule has 1 atom stereocenters. The van der Waals surface area contributed by atoms with Crippen LogP contribution in [0.5, 0.6) is 0 Å². The zero-order valence-electron chi connectivity index (χ0n) is 11.5. The highest BCUT2D eigenvalue weighted by atomic mass is 32.2. The zero-order chi connectivity index (χ0) is 14.9. The second-order valence-electron chi connectivity index (χ2n) is 5.32. The van der Waals surface area contributed by atoms with Crippen LogP contribution in [-0.2, 0) is 10.0 Å². The first-order valence-corrected chi connectivity index (χ1v) is 8.04. The van der Waals surface area contributed by atoms with Gasteiger partial charge in [0.05, 0.1) is 9.82 Å². The molecule has 1 fully saturated rings. The molecule has 0 N–H and O–H groups in total. The van der Waals surface area contributed by atoms with Crippen LogP contribution in [0.3, 0.4) is 0 Å². The molecule has 20 heavy (non-hydrogen) atoms. The monoisotopic (exact) mass is 298 g/mol. The van der Waals surface area contributed by atoms with E-state index < -0.39 is 14.9 Å². The molecule has 0 aromatic heterocycles. The first-order chi connectivity index (χ1) is 9.34. The minimum absolute atomic E-state index is 0.000694. The van der Waals surface area contributed by atoms with Gasteiger partial charge in [-0.05, 0) is 24.8 Å². The van der Waals surface area contributed by atoms with Gasteiger partial charge in [-0.25, -0.2) is 8.42 Å². The van der Waals surface area contributed by atoms with Gasteiger partial charge in [0.25, 0.3) is 5.69 Å². The summed E-state index contributed by atoms with van der Waals surface area (Å²) in [4.78, 5) is 10.2. The lowest BCUT2D eigenvalue weighted by molar-refractivity contribution is -0.385. The van der Waals surface area contributed by atoms with Crippen LogP contribution in [-0.4, -0.2) is 30.2 Å². The summed E-state index contributed by atoms with van der Waals surface area (Å²) in [6.07, 6.45) is 1.67. The van der Waals surface area contributed by atoms with Crippen molar-refractivity contribution in [1.29, 1.82) is 0 Å². The van der Waals surface area contributed by atoms with E-state index in [9.17, 15) is 18.5 Å². The molecule has 1 aromatic carbocycles. The van der Waals surface area contributed by atoms with Gasteiger partial charge in [-0.15, -0.1) is 0 Å². The Morgan fingerprint density at radius 1 is 1.40 bits per heavy atom. The Labute approximate surface area is 118 Å². The average Bonchev–Trinajstić information content (AvgIpc) is 2.89. The lowest BCUT2D eigenvalue weighted by atomic mass is 10.0. The molecule has 110 valence electrons. The molecule has 7 heteroatoms. The summed E-state index contributed by atoms with van der Waals surface area (Å²) in [5, 5.41) is 10.8. The highest BCUT2D eigenvalue weighted by Crippen LogP contribution is 2.31. The van der Waals surface area contributed by atoms with Gasteiger partial charge < -0.3 is 0 Å². The summed E-state index contributed by atoms with van der Waals surface area (Å²) in [6.45, 7) is 4.46. The van der Waals surface area contributed by atoms with Gasteiger partial charge in [-0.1, -0.05) is 19.9 Å². The quantitative estimate of drug-likeness (QED) is 0.631. The van der Waals surface area contributed by atoms with Crippen LogP contribution in [0.1, 0.15) is 26.7 Å². The minimum atomic E-state index is -3.66. The molecule has 1 heterocycles. The van der Waals surface area contributed by atoms with E-state index in [0.29, 0.717) is 6.54 Å². The molecule has 0 saturated carbocycles. The van der Waals surface area contributed by atoms with E-state index in [4.69, 9.17) is 0 Å². The van der Waals surface area contributed by atoms with E-state index in [-0.39, 0.29) is 22.5 Å². The topological polar surface area (TPSA) is 80.5 Å². The Balaban J connectivity index is 2.40. The van der Waals surface area contributed by atoms with Gasteiger partial charge in [0.15, 0.2) is 0 Å². The van der Waals surface area contributed by atoms with E-state index in [2.05, 4.69) is 0 Å². The number of hydrogen-bond donors (Lipinski definition) is 0. The SMILES string of the molecule is CC(C)C1CCCN1S(=O)(=O)c1cccc([N+](=O)[O-])c1. The molecule has 6 nitrogen and oxygen atoms in total. The second-order valence-corrected chi connectivity index (χ2v) is 7.21. The summed E-state index contributed by atoms with van der Waals surface area (Å²) < 4.78 is 26.7. The van der Waals surface area contributed by atoms with Crippen LogP contribution in [0, 0.1) is 16.0 Å². The molecule has 1 unspecified atom stereocenters. The summed E-state index contributed by atoms with van der Waals surface area (Å²) in [6, 6.07) is 5.22. The van der Waals surface area contributed by atoms with Crippen LogP contribution in [0.15, 0.2) is 29.2 Å². The number of benzene rings is 1. The lowest BCUT2D eigenvalue weighted by Crippen LogP contribution is -2.38. The molecule has 1 aliphatic heterocycles. The van der Waals surface area contributed by atoms with E-state index in [1.54, 1.807) is 0 Å². The van der Waals surface area contributed by atoms with Crippen LogP contribution in [0.2, 0.25) is 0 Å². The molecule has 2 rings (SSSR count). The molecule has 1 aliphatic rings. The molecule has 0 radical (unpaired) electrons. The highest BCUT2D eigenvalue weighted by Gasteiger charge is 2.37. The zero-order valence-corrected chi connectivity index (χ0v) is 12.3. The summed E-state index contributed by atoms with van der Waals surface area (Å²) in [5.41, 5.74) is -0.202. The molecule has 0 amide bonds. The third kappa shape index (κ3) is 2.69. The van der Waals surface area contributed by atoms with Crippen molar-refractivity contribution in [3.05, 3.63) is 34.4 Å². The predicted octanol–water partition coefficient (Wildman–Crippen LogP) is 2.40. The number of nitrogens with zero attached hydrogens (tertiary/aromatic N) is 2. The number of nitro groups is 1. The maximum absolute atomic E-state index is 12.6. The second kappa shape index (κ2) is 5.49. The van der Waals surface area contributed by atoms with Gasteiger partial charge in [-0.2, -0.15) is 4.31 Å². The van der Waals surface area contributed by atoms with Crippen molar-refractivity contribution >= 4 is 15.7 Å². The maximum atomic E-state index is 12.6. The Morgan fingerprint density at radius 3 is 2.70 bits per heavy atom. The first kappa shape index (κ1) is 14.9. The van der Waals surface area contributed by atoms with Crippen LogP contribution < -0.4 is 0 Å². The number of rotatable bonds is 4. The molecular formula is C13H18N2O4S. The molecule has 1 saturated heterocycles. The normalized spacial score (nSPS) is 20.4. The summed E-state index contributed by atoms with van der Waals surface area (Å²) in [7, 11) is -3.66. The van der Waals surface area contributed by atoms with Crippen LogP contribution in [0.4, 0.5) is 5.69 Å². The molecule has 0 bridgehead atoms. The van der Waals surface area contributed by atoms with Crippen molar-refractivity contribution in [2.75, 3.05) is 6.54 Å². The van der Waals surface area contributed by atoms with E-state index in [1.165, 1.54) is 22.5 Å². The molecule has 0 spiro atoms. The number of sulfonamides is 1. The third-order valence-electron chi connectivity index (χ3n) is 3.65. The van der Waals surface area contributed by atoms with Crippen molar-refractivity contribution in [2.45, 2.75) is 37.6 Å². The Morgan fingerprint density at radius 2 is 2.10 bits per heavy atom. The van der Waals surface area contributed by atoms with Crippen molar-refractivity contribution in [2.24, 2.45) is 5.92 Å². The van der Waals surface area contributed by atoms with Crippen molar-refractivity contribution in [1.82, 2.24) is 4.31 Å². The minimum Gasteiger partial charge on any atom is -0.258 e. The van der Waals surface area contributed by atoms with E-state index >= 15 is 0 Å². The Kier molecular flexibility index (Phi) is 4.10. The Bertz CT molecular complexity index is 613. The molecule has 1 aromatic rings. The fraction of sp³-hybridized carbons (Fsp3) is 0.538. The first-order valence-electron chi connectivity index (χ1n) is 6.60. The van der Waals surface area contributed by atoms with E-state index in [1.807, 2.05) is 13.8 Å². The molecule has 0 aliphatic carbocycles. The van der Waals surface area contributed by atoms with Crippen molar-refractivity contribution < 1.29 is 13.3 Å². The standard InChI is InChI=1S/C13H18N2O4S/c1-10(2)13-7-4-8-14(13)20(18,19)12-6-3-5-11(9-12)15(16)17/h3,5-6,9-10,13H,4,7-8H2,1-2H3. The largest absolute Gasteiger partial charge is 0.270 e. The fourth-order valence-electron chi connectivity index (χ4n) is 2.62. The Hall–Kier alpha value is -1.47. The van der Waals surface area contributed by atoms with Crippen molar-refractivity contribution in [3.8, 4) is 0 Å². The average molecular weight is 298 g/mol. The van der Waals surface area contributed by atoms with Crippen LogP contribution >= 0.6 is 0 Å². The summed E-state index contributed by atoms with van der Waals surface area (Å²) in [5.74, 6) is 0.228. The van der Waals surface area contributed by atoms with Gasteiger partial charge in [0.2, 0.25) is 10.0 Å². The number of nitro benzene ring substituents is 1. The highest BCUT2D eigenvalue weighted by molar-refractivity contribution is 7.89. The fourth-order valence-corrected chi connectivity index (χ4v) is 4.49. The predicted molar refractivity (Wildman–Crippen MR) is 74.8 cm³/mol. The smallest absolute Gasteiger partial charge is 0.258 e. The maximum Gasteiger partial charge on any atom is 0.270 e. The van der Waals surface area contributed by atoms with Gasteiger partial charge in [-0.3, -0.25) is 10.1 Å². The number of non-ortho nitro benzene ring substituents is 1. The van der Waals surface area contributed by atoms with E-state index in [0.717, 1.165) is 18.9 Å². The third-order valence-corrected chi connectivity index (χ3v) is 5.57. The molecular weight excluding hydrogens is 280 g/mol. The van der Waals surface area contributed by atoms with Gasteiger partial charge in [0.1, 0.15) is 0 Å². The van der Waals surface area contributed by atoms with Gasteiger partial charge in [0, 0.05) is 24.7 Å². The lowest BCUT2D eigenvalue weighted by Gasteiger charge is -2.26. The van der Waals surface area contributed by atoms with Gasteiger partial charge >= 0.3 is 0 Å². The van der Waals surface area contributed by atoms with Crippen LogP contribution in [0.25, 0.3) is 0 Å². The summed E-state index contributed by atoms with van der Waals surface area (Å²) >= 11 is 0.